The highest BCUT2D eigenvalue weighted by atomic mass is 16.5. The molecule has 0 bridgehead atoms. The van der Waals surface area contributed by atoms with Crippen LogP contribution in [0.4, 0.5) is 0 Å². The van der Waals surface area contributed by atoms with E-state index < -0.39 is 60.5 Å². The van der Waals surface area contributed by atoms with Crippen LogP contribution in [-0.2, 0) is 33.5 Å². The van der Waals surface area contributed by atoms with Gasteiger partial charge in [-0.05, 0) is 18.8 Å². The van der Waals surface area contributed by atoms with E-state index in [-0.39, 0.29) is 25.0 Å². The molecule has 0 aromatic rings. The largest absolute Gasteiger partial charge is 0.481 e. The zero-order valence-corrected chi connectivity index (χ0v) is 18.7. The summed E-state index contributed by atoms with van der Waals surface area (Å²) in [6, 6.07) is -2.54. The topological polar surface area (TPSA) is 191 Å². The molecule has 186 valence electrons. The molecule has 5 N–H and O–H groups in total. The van der Waals surface area contributed by atoms with Gasteiger partial charge >= 0.3 is 11.9 Å². The van der Waals surface area contributed by atoms with Gasteiger partial charge in [-0.15, -0.1) is 0 Å². The summed E-state index contributed by atoms with van der Waals surface area (Å²) in [5, 5.41) is 24.1. The van der Waals surface area contributed by atoms with Gasteiger partial charge in [-0.1, -0.05) is 13.8 Å². The minimum atomic E-state index is -1.32. The standard InChI is InChI=1S/C20H32N4O9/c1-12(2)9-14(18(30)21-13(11-25)10-17(28)29)19(31)22-15(3-4-16(26)27)20(32)23-24-5-7-33-8-6-24/h11-15H,3-10H2,1-2H3,(H,21,30)(H,22,31)(H,23,32)(H,26,27)(H,28,29). The number of carbonyl (C=O) groups excluding carboxylic acids is 4. The molecule has 1 rings (SSSR count). The van der Waals surface area contributed by atoms with Crippen LogP contribution in [0.15, 0.2) is 0 Å². The van der Waals surface area contributed by atoms with Crippen LogP contribution in [0.3, 0.4) is 0 Å². The summed E-state index contributed by atoms with van der Waals surface area (Å²) in [6.07, 6.45) is -0.916. The fraction of sp³-hybridized carbons (Fsp3) is 0.700. The Morgan fingerprint density at radius 1 is 0.970 bits per heavy atom. The lowest BCUT2D eigenvalue weighted by Gasteiger charge is -2.29. The van der Waals surface area contributed by atoms with Gasteiger partial charge in [0.25, 0.3) is 5.91 Å². The van der Waals surface area contributed by atoms with Gasteiger partial charge in [-0.2, -0.15) is 0 Å². The van der Waals surface area contributed by atoms with Gasteiger partial charge in [-0.25, -0.2) is 5.01 Å². The third-order valence-corrected chi connectivity index (χ3v) is 4.79. The molecule has 3 atom stereocenters. The van der Waals surface area contributed by atoms with E-state index in [2.05, 4.69) is 16.1 Å². The molecule has 0 radical (unpaired) electrons. The van der Waals surface area contributed by atoms with Crippen LogP contribution in [0.2, 0.25) is 0 Å². The van der Waals surface area contributed by atoms with E-state index in [9.17, 15) is 28.8 Å². The predicted octanol–water partition coefficient (Wildman–Crippen LogP) is -1.48. The van der Waals surface area contributed by atoms with E-state index in [0.29, 0.717) is 26.3 Å². The fourth-order valence-corrected chi connectivity index (χ4v) is 3.13. The Hall–Kier alpha value is -3.06. The Labute approximate surface area is 191 Å². The SMILES string of the molecule is CC(C)CC(C(=O)NC(C=O)CC(=O)O)C(=O)NC(CCC(=O)O)C(=O)NN1CCOCC1. The predicted molar refractivity (Wildman–Crippen MR) is 113 cm³/mol. The molecule has 1 aliphatic rings. The second-order valence-electron chi connectivity index (χ2n) is 8.10. The van der Waals surface area contributed by atoms with Crippen molar-refractivity contribution >= 4 is 35.9 Å². The van der Waals surface area contributed by atoms with E-state index in [1.54, 1.807) is 18.9 Å². The number of morpholine rings is 1. The lowest BCUT2D eigenvalue weighted by atomic mass is 9.94. The zero-order chi connectivity index (χ0) is 25.0. The first kappa shape index (κ1) is 28.0. The molecule has 1 heterocycles. The van der Waals surface area contributed by atoms with E-state index in [4.69, 9.17) is 14.9 Å². The van der Waals surface area contributed by atoms with Crippen LogP contribution in [0.1, 0.15) is 39.5 Å². The van der Waals surface area contributed by atoms with Crippen molar-refractivity contribution in [2.45, 2.75) is 51.6 Å². The molecule has 33 heavy (non-hydrogen) atoms. The number of amides is 3. The number of hydrogen-bond donors (Lipinski definition) is 5. The monoisotopic (exact) mass is 472 g/mol. The van der Waals surface area contributed by atoms with Crippen LogP contribution < -0.4 is 16.1 Å². The number of aliphatic carboxylic acids is 2. The lowest BCUT2D eigenvalue weighted by Crippen LogP contribution is -2.56. The van der Waals surface area contributed by atoms with Gasteiger partial charge in [0.15, 0.2) is 0 Å². The van der Waals surface area contributed by atoms with Crippen molar-refractivity contribution in [2.75, 3.05) is 26.3 Å². The first-order valence-electron chi connectivity index (χ1n) is 10.7. The third kappa shape index (κ3) is 10.9. The number of nitrogens with zero attached hydrogens (tertiary/aromatic N) is 1. The van der Waals surface area contributed by atoms with Gasteiger partial charge in [0.05, 0.1) is 25.7 Å². The van der Waals surface area contributed by atoms with Crippen molar-refractivity contribution in [1.29, 1.82) is 0 Å². The summed E-state index contributed by atoms with van der Waals surface area (Å²) < 4.78 is 5.20. The normalized spacial score (nSPS) is 16.8. The molecule has 0 aromatic carbocycles. The van der Waals surface area contributed by atoms with Gasteiger partial charge in [0.1, 0.15) is 18.2 Å². The van der Waals surface area contributed by atoms with Crippen molar-refractivity contribution in [3.63, 3.8) is 0 Å². The van der Waals surface area contributed by atoms with Crippen molar-refractivity contribution < 1.29 is 43.7 Å². The van der Waals surface area contributed by atoms with Crippen LogP contribution in [0.25, 0.3) is 0 Å². The summed E-state index contributed by atoms with van der Waals surface area (Å²) in [5.41, 5.74) is 2.61. The highest BCUT2D eigenvalue weighted by molar-refractivity contribution is 6.02. The Morgan fingerprint density at radius 2 is 1.58 bits per heavy atom. The Balaban J connectivity index is 2.94. The highest BCUT2D eigenvalue weighted by Crippen LogP contribution is 2.14. The van der Waals surface area contributed by atoms with Crippen LogP contribution in [-0.4, -0.2) is 89.6 Å². The van der Waals surface area contributed by atoms with Crippen molar-refractivity contribution in [2.24, 2.45) is 11.8 Å². The molecule has 3 unspecified atom stereocenters. The quantitative estimate of drug-likeness (QED) is 0.147. The summed E-state index contributed by atoms with van der Waals surface area (Å²) in [5.74, 6) is -6.21. The molecule has 1 fully saturated rings. The summed E-state index contributed by atoms with van der Waals surface area (Å²) in [6.45, 7) is 5.15. The van der Waals surface area contributed by atoms with Gasteiger partial charge < -0.3 is 30.4 Å². The van der Waals surface area contributed by atoms with E-state index in [0.717, 1.165) is 0 Å². The fourth-order valence-electron chi connectivity index (χ4n) is 3.13. The molecular weight excluding hydrogens is 440 g/mol. The van der Waals surface area contributed by atoms with Gasteiger partial charge in [-0.3, -0.25) is 29.4 Å². The van der Waals surface area contributed by atoms with E-state index in [1.807, 2.05) is 0 Å². The van der Waals surface area contributed by atoms with E-state index >= 15 is 0 Å². The van der Waals surface area contributed by atoms with Gasteiger partial charge in [0.2, 0.25) is 11.8 Å². The maximum Gasteiger partial charge on any atom is 0.305 e. The van der Waals surface area contributed by atoms with Crippen molar-refractivity contribution in [1.82, 2.24) is 21.1 Å². The number of hydrogen-bond acceptors (Lipinski definition) is 8. The molecule has 0 spiro atoms. The maximum absolute atomic E-state index is 12.9. The summed E-state index contributed by atoms with van der Waals surface area (Å²) in [4.78, 5) is 71.3. The molecule has 3 amide bonds. The molecule has 0 saturated carbocycles. The minimum Gasteiger partial charge on any atom is -0.481 e. The molecule has 0 aliphatic carbocycles. The number of nitrogens with one attached hydrogen (secondary N) is 3. The third-order valence-electron chi connectivity index (χ3n) is 4.79. The molecule has 13 nitrogen and oxygen atoms in total. The number of carboxylic acids is 2. The first-order valence-corrected chi connectivity index (χ1v) is 10.7. The highest BCUT2D eigenvalue weighted by Gasteiger charge is 2.33. The number of hydrazine groups is 1. The minimum absolute atomic E-state index is 0.0625. The molecule has 1 aliphatic heterocycles. The van der Waals surface area contributed by atoms with Crippen molar-refractivity contribution in [3.05, 3.63) is 0 Å². The average molecular weight is 472 g/mol. The van der Waals surface area contributed by atoms with Crippen LogP contribution >= 0.6 is 0 Å². The van der Waals surface area contributed by atoms with Crippen LogP contribution in [0.5, 0.6) is 0 Å². The second-order valence-corrected chi connectivity index (χ2v) is 8.10. The van der Waals surface area contributed by atoms with Crippen molar-refractivity contribution in [3.8, 4) is 0 Å². The molecule has 0 aromatic heterocycles. The first-order chi connectivity index (χ1) is 15.5. The number of ether oxygens (including phenoxy) is 1. The number of rotatable bonds is 14. The number of carboxylic acid groups (broad SMARTS) is 2. The second kappa shape index (κ2) is 14.2. The lowest BCUT2D eigenvalue weighted by molar-refractivity contribution is -0.143. The molecule has 1 saturated heterocycles. The average Bonchev–Trinajstić information content (AvgIpc) is 2.74. The Kier molecular flexibility index (Phi) is 12.0. The van der Waals surface area contributed by atoms with Crippen LogP contribution in [0, 0.1) is 11.8 Å². The summed E-state index contributed by atoms with van der Waals surface area (Å²) in [7, 11) is 0. The number of carbonyl (C=O) groups is 6. The number of aldehydes is 1. The Bertz CT molecular complexity index is 722. The smallest absolute Gasteiger partial charge is 0.305 e. The molecule has 13 heteroatoms. The van der Waals surface area contributed by atoms with E-state index in [1.165, 1.54) is 0 Å². The zero-order valence-electron chi connectivity index (χ0n) is 18.7. The maximum atomic E-state index is 12.9. The Morgan fingerprint density at radius 3 is 2.09 bits per heavy atom. The van der Waals surface area contributed by atoms with Gasteiger partial charge in [0, 0.05) is 19.5 Å². The summed E-state index contributed by atoms with van der Waals surface area (Å²) >= 11 is 0. The molecular formula is C20H32N4O9.